The Morgan fingerprint density at radius 2 is 2.50 bits per heavy atom. The molecular weight excluding hydrogens is 204 g/mol. The van der Waals surface area contributed by atoms with Crippen LogP contribution < -0.4 is 0 Å². The molecule has 1 atom stereocenters. The topological polar surface area (TPSA) is 46.3 Å². The van der Waals surface area contributed by atoms with Gasteiger partial charge in [0.1, 0.15) is 12.0 Å². The van der Waals surface area contributed by atoms with Crippen molar-refractivity contribution in [2.24, 2.45) is 0 Å². The van der Waals surface area contributed by atoms with Gasteiger partial charge in [-0.05, 0) is 26.4 Å². The Bertz CT molecular complexity index is 373. The van der Waals surface area contributed by atoms with Gasteiger partial charge in [-0.3, -0.25) is 4.79 Å². The fourth-order valence-corrected chi connectivity index (χ4v) is 2.17. The molecule has 0 amide bonds. The van der Waals surface area contributed by atoms with Crippen LogP contribution in [0.5, 0.6) is 0 Å². The molecule has 1 aromatic heterocycles. The zero-order valence-electron chi connectivity index (χ0n) is 9.90. The van der Waals surface area contributed by atoms with Crippen LogP contribution in [0.15, 0.2) is 10.7 Å². The van der Waals surface area contributed by atoms with Crippen molar-refractivity contribution in [1.82, 2.24) is 9.88 Å². The third kappa shape index (κ3) is 2.50. The first-order valence-corrected chi connectivity index (χ1v) is 5.85. The van der Waals surface area contributed by atoms with Crippen LogP contribution in [-0.2, 0) is 11.2 Å². The summed E-state index contributed by atoms with van der Waals surface area (Å²) in [5, 5.41) is 0. The summed E-state index contributed by atoms with van der Waals surface area (Å²) in [6.45, 7) is 6.96. The molecule has 4 nitrogen and oxygen atoms in total. The summed E-state index contributed by atoms with van der Waals surface area (Å²) in [5.41, 5.74) is 0.762. The number of rotatable bonds is 4. The molecule has 16 heavy (non-hydrogen) atoms. The van der Waals surface area contributed by atoms with Crippen LogP contribution in [0.4, 0.5) is 0 Å². The summed E-state index contributed by atoms with van der Waals surface area (Å²) < 4.78 is 5.45. The number of hydrogen-bond acceptors (Lipinski definition) is 4. The minimum absolute atomic E-state index is 0.126. The molecule has 1 fully saturated rings. The molecule has 88 valence electrons. The molecule has 0 bridgehead atoms. The van der Waals surface area contributed by atoms with Gasteiger partial charge in [-0.2, -0.15) is 0 Å². The van der Waals surface area contributed by atoms with E-state index in [0.29, 0.717) is 12.3 Å². The second-order valence-corrected chi connectivity index (χ2v) is 4.43. The second-order valence-electron chi connectivity index (χ2n) is 4.43. The van der Waals surface area contributed by atoms with E-state index in [-0.39, 0.29) is 5.78 Å². The highest BCUT2D eigenvalue weighted by Gasteiger charge is 2.26. The minimum atomic E-state index is 0.126. The Labute approximate surface area is 95.6 Å². The van der Waals surface area contributed by atoms with E-state index in [9.17, 15) is 4.79 Å². The van der Waals surface area contributed by atoms with Crippen molar-refractivity contribution >= 4 is 5.78 Å². The fourth-order valence-electron chi connectivity index (χ4n) is 2.17. The molecule has 1 aliphatic heterocycles. The van der Waals surface area contributed by atoms with Gasteiger partial charge in [0.15, 0.2) is 5.89 Å². The van der Waals surface area contributed by atoms with Crippen molar-refractivity contribution in [2.45, 2.75) is 32.6 Å². The van der Waals surface area contributed by atoms with E-state index in [2.05, 4.69) is 16.8 Å². The quantitative estimate of drug-likeness (QED) is 0.776. The van der Waals surface area contributed by atoms with Gasteiger partial charge in [-0.25, -0.2) is 4.98 Å². The zero-order valence-corrected chi connectivity index (χ0v) is 9.90. The standard InChI is InChI=1S/C12H18N2O2/c1-3-14-5-4-10(7-14)12-13-11(8-16-12)6-9(2)15/h8,10H,3-7H2,1-2H3. The normalized spacial score (nSPS) is 21.5. The molecule has 2 heterocycles. The minimum Gasteiger partial charge on any atom is -0.448 e. The number of likely N-dealkylation sites (N-methyl/N-ethyl adjacent to an activating group) is 1. The average molecular weight is 222 g/mol. The number of oxazole rings is 1. The molecule has 0 spiro atoms. The van der Waals surface area contributed by atoms with E-state index in [1.165, 1.54) is 0 Å². The van der Waals surface area contributed by atoms with Gasteiger partial charge >= 0.3 is 0 Å². The largest absolute Gasteiger partial charge is 0.448 e. The monoisotopic (exact) mass is 222 g/mol. The molecule has 4 heteroatoms. The molecule has 0 N–H and O–H groups in total. The molecular formula is C12H18N2O2. The van der Waals surface area contributed by atoms with Crippen LogP contribution >= 0.6 is 0 Å². The molecule has 1 aromatic rings. The van der Waals surface area contributed by atoms with E-state index >= 15 is 0 Å². The summed E-state index contributed by atoms with van der Waals surface area (Å²) in [6.07, 6.45) is 3.10. The molecule has 0 radical (unpaired) electrons. The third-order valence-corrected chi connectivity index (χ3v) is 3.07. The molecule has 1 aliphatic rings. The van der Waals surface area contributed by atoms with E-state index in [4.69, 9.17) is 4.42 Å². The zero-order chi connectivity index (χ0) is 11.5. The lowest BCUT2D eigenvalue weighted by molar-refractivity contribution is -0.116. The molecule has 2 rings (SSSR count). The summed E-state index contributed by atoms with van der Waals surface area (Å²) in [7, 11) is 0. The van der Waals surface area contributed by atoms with Crippen molar-refractivity contribution in [3.63, 3.8) is 0 Å². The molecule has 0 aliphatic carbocycles. The average Bonchev–Trinajstić information content (AvgIpc) is 2.83. The number of nitrogens with zero attached hydrogens (tertiary/aromatic N) is 2. The predicted molar refractivity (Wildman–Crippen MR) is 60.4 cm³/mol. The van der Waals surface area contributed by atoms with Crippen LogP contribution in [0.3, 0.4) is 0 Å². The Hall–Kier alpha value is -1.16. The first-order chi connectivity index (χ1) is 7.69. The van der Waals surface area contributed by atoms with Crippen molar-refractivity contribution in [3.05, 3.63) is 17.8 Å². The van der Waals surface area contributed by atoms with Crippen molar-refractivity contribution < 1.29 is 9.21 Å². The molecule has 0 saturated carbocycles. The van der Waals surface area contributed by atoms with Gasteiger partial charge < -0.3 is 9.32 Å². The van der Waals surface area contributed by atoms with Gasteiger partial charge in [0.2, 0.25) is 0 Å². The Kier molecular flexibility index (Phi) is 3.39. The SMILES string of the molecule is CCN1CCC(c2nc(CC(C)=O)co2)C1. The summed E-state index contributed by atoms with van der Waals surface area (Å²) in [5.74, 6) is 1.33. The number of ketones is 1. The van der Waals surface area contributed by atoms with Crippen molar-refractivity contribution in [2.75, 3.05) is 19.6 Å². The lowest BCUT2D eigenvalue weighted by atomic mass is 10.1. The first-order valence-electron chi connectivity index (χ1n) is 5.85. The van der Waals surface area contributed by atoms with Crippen LogP contribution in [0, 0.1) is 0 Å². The number of carbonyl (C=O) groups is 1. The number of carbonyl (C=O) groups excluding carboxylic acids is 1. The van der Waals surface area contributed by atoms with E-state index in [0.717, 1.165) is 37.6 Å². The van der Waals surface area contributed by atoms with Crippen LogP contribution in [0.1, 0.15) is 37.8 Å². The van der Waals surface area contributed by atoms with Crippen LogP contribution in [0.2, 0.25) is 0 Å². The summed E-state index contributed by atoms with van der Waals surface area (Å²) in [4.78, 5) is 17.7. The van der Waals surface area contributed by atoms with Gasteiger partial charge in [-0.15, -0.1) is 0 Å². The Morgan fingerprint density at radius 1 is 1.69 bits per heavy atom. The number of hydrogen-bond donors (Lipinski definition) is 0. The summed E-state index contributed by atoms with van der Waals surface area (Å²) >= 11 is 0. The highest BCUT2D eigenvalue weighted by Crippen LogP contribution is 2.26. The number of likely N-dealkylation sites (tertiary alicyclic amines) is 1. The maximum Gasteiger partial charge on any atom is 0.198 e. The van der Waals surface area contributed by atoms with Gasteiger partial charge in [0.05, 0.1) is 12.1 Å². The highest BCUT2D eigenvalue weighted by atomic mass is 16.3. The van der Waals surface area contributed by atoms with E-state index in [1.807, 2.05) is 0 Å². The molecule has 1 unspecified atom stereocenters. The Balaban J connectivity index is 1.99. The maximum absolute atomic E-state index is 11.0. The lowest BCUT2D eigenvalue weighted by Crippen LogP contribution is -2.19. The van der Waals surface area contributed by atoms with Gasteiger partial charge in [0.25, 0.3) is 0 Å². The van der Waals surface area contributed by atoms with E-state index in [1.54, 1.807) is 13.2 Å². The molecule has 1 saturated heterocycles. The number of Topliss-reactive ketones (excluding diaryl/α,β-unsaturated/α-hetero) is 1. The third-order valence-electron chi connectivity index (χ3n) is 3.07. The number of aromatic nitrogens is 1. The van der Waals surface area contributed by atoms with Crippen LogP contribution in [-0.4, -0.2) is 35.3 Å². The maximum atomic E-state index is 11.0. The van der Waals surface area contributed by atoms with Crippen molar-refractivity contribution in [1.29, 1.82) is 0 Å². The van der Waals surface area contributed by atoms with Gasteiger partial charge in [0, 0.05) is 12.5 Å². The Morgan fingerprint density at radius 3 is 3.12 bits per heavy atom. The van der Waals surface area contributed by atoms with Crippen LogP contribution in [0.25, 0.3) is 0 Å². The highest BCUT2D eigenvalue weighted by molar-refractivity contribution is 5.77. The van der Waals surface area contributed by atoms with E-state index < -0.39 is 0 Å². The summed E-state index contributed by atoms with van der Waals surface area (Å²) in [6, 6.07) is 0. The first kappa shape index (κ1) is 11.3. The predicted octanol–water partition coefficient (Wildman–Crippen LogP) is 1.62. The second kappa shape index (κ2) is 4.78. The van der Waals surface area contributed by atoms with Gasteiger partial charge in [-0.1, -0.05) is 6.92 Å². The smallest absolute Gasteiger partial charge is 0.198 e. The molecule has 0 aromatic carbocycles. The lowest BCUT2D eigenvalue weighted by Gasteiger charge is -2.10. The fraction of sp³-hybridized carbons (Fsp3) is 0.667. The van der Waals surface area contributed by atoms with Crippen molar-refractivity contribution in [3.8, 4) is 0 Å².